The number of carbonyl (C=O) groups excluding carboxylic acids is 1. The molecule has 2 aromatic rings. The zero-order chi connectivity index (χ0) is 21.6. The van der Waals surface area contributed by atoms with Crippen LogP contribution in [-0.2, 0) is 21.2 Å². The van der Waals surface area contributed by atoms with Crippen LogP contribution in [0.2, 0.25) is 0 Å². The molecule has 0 bridgehead atoms. The highest BCUT2D eigenvalue weighted by Crippen LogP contribution is 2.18. The maximum absolute atomic E-state index is 13.0. The van der Waals surface area contributed by atoms with E-state index in [1.54, 1.807) is 7.11 Å². The molecule has 1 saturated heterocycles. The fourth-order valence-corrected chi connectivity index (χ4v) is 4.72. The molecular weight excluding hydrogens is 409 g/mol. The Morgan fingerprint density at radius 2 is 1.67 bits per heavy atom. The van der Waals surface area contributed by atoms with Gasteiger partial charge in [0.2, 0.25) is 15.9 Å². The third-order valence-corrected chi connectivity index (χ3v) is 6.97. The van der Waals surface area contributed by atoms with Gasteiger partial charge in [-0.2, -0.15) is 4.31 Å². The number of methoxy groups -OCH3 is 1. The van der Waals surface area contributed by atoms with Gasteiger partial charge in [0.15, 0.2) is 0 Å². The van der Waals surface area contributed by atoms with E-state index in [2.05, 4.69) is 10.2 Å². The Morgan fingerprint density at radius 3 is 2.27 bits per heavy atom. The molecule has 1 fully saturated rings. The van der Waals surface area contributed by atoms with Crippen LogP contribution in [0, 0.1) is 5.82 Å². The Kier molecular flexibility index (Phi) is 7.41. The van der Waals surface area contributed by atoms with Crippen LogP contribution in [0.25, 0.3) is 0 Å². The lowest BCUT2D eigenvalue weighted by Crippen LogP contribution is -2.50. The molecule has 1 heterocycles. The van der Waals surface area contributed by atoms with Gasteiger partial charge in [-0.05, 0) is 42.0 Å². The average molecular weight is 436 g/mol. The van der Waals surface area contributed by atoms with Gasteiger partial charge < -0.3 is 10.1 Å². The third kappa shape index (κ3) is 5.78. The second-order valence-electron chi connectivity index (χ2n) is 7.07. The van der Waals surface area contributed by atoms with E-state index >= 15 is 0 Å². The number of halogens is 1. The maximum Gasteiger partial charge on any atom is 0.243 e. The molecular formula is C21H26FN3O4S. The van der Waals surface area contributed by atoms with E-state index in [0.29, 0.717) is 45.7 Å². The summed E-state index contributed by atoms with van der Waals surface area (Å²) in [5, 5.41) is 2.90. The van der Waals surface area contributed by atoms with Crippen LogP contribution in [0.15, 0.2) is 53.4 Å². The van der Waals surface area contributed by atoms with Crippen molar-refractivity contribution >= 4 is 15.9 Å². The van der Waals surface area contributed by atoms with Crippen LogP contribution in [0.3, 0.4) is 0 Å². The van der Waals surface area contributed by atoms with Crippen molar-refractivity contribution in [1.29, 1.82) is 0 Å². The van der Waals surface area contributed by atoms with Crippen LogP contribution in [0.4, 0.5) is 4.39 Å². The molecule has 0 spiro atoms. The third-order valence-electron chi connectivity index (χ3n) is 5.06. The first-order valence-electron chi connectivity index (χ1n) is 9.76. The van der Waals surface area contributed by atoms with E-state index in [9.17, 15) is 17.6 Å². The van der Waals surface area contributed by atoms with E-state index in [4.69, 9.17) is 4.74 Å². The van der Waals surface area contributed by atoms with Gasteiger partial charge in [0.25, 0.3) is 0 Å². The molecule has 1 N–H and O–H groups in total. The van der Waals surface area contributed by atoms with Crippen LogP contribution >= 0.6 is 0 Å². The Balaban J connectivity index is 1.40. The molecule has 1 aliphatic heterocycles. The zero-order valence-corrected chi connectivity index (χ0v) is 17.7. The number of carbonyl (C=O) groups is 1. The minimum atomic E-state index is -3.61. The fraction of sp³-hybridized carbons (Fsp3) is 0.381. The lowest BCUT2D eigenvalue weighted by Gasteiger charge is -2.33. The molecule has 9 heteroatoms. The van der Waals surface area contributed by atoms with Crippen molar-refractivity contribution in [2.45, 2.75) is 11.3 Å². The largest absolute Gasteiger partial charge is 0.497 e. The summed E-state index contributed by atoms with van der Waals surface area (Å²) in [6.45, 7) is 3.03. The summed E-state index contributed by atoms with van der Waals surface area (Å²) >= 11 is 0. The molecule has 0 saturated carbocycles. The van der Waals surface area contributed by atoms with E-state index in [-0.39, 0.29) is 10.8 Å². The molecule has 7 nitrogen and oxygen atoms in total. The average Bonchev–Trinajstić information content (AvgIpc) is 2.75. The monoisotopic (exact) mass is 435 g/mol. The predicted molar refractivity (Wildman–Crippen MR) is 111 cm³/mol. The number of sulfonamides is 1. The van der Waals surface area contributed by atoms with Gasteiger partial charge in [-0.1, -0.05) is 12.1 Å². The van der Waals surface area contributed by atoms with Crippen molar-refractivity contribution in [3.8, 4) is 5.75 Å². The number of nitrogens with zero attached hydrogens (tertiary/aromatic N) is 2. The highest BCUT2D eigenvalue weighted by molar-refractivity contribution is 7.89. The van der Waals surface area contributed by atoms with Crippen LogP contribution < -0.4 is 10.1 Å². The lowest BCUT2D eigenvalue weighted by atomic mass is 10.1. The van der Waals surface area contributed by atoms with E-state index < -0.39 is 15.8 Å². The van der Waals surface area contributed by atoms with Gasteiger partial charge in [-0.3, -0.25) is 9.69 Å². The standard InChI is InChI=1S/C21H26FN3O4S/c1-29-19-6-2-17(3-7-19)16-21(26)23-10-11-24-12-14-25(15-13-24)30(27,28)20-8-4-18(22)5-9-20/h2-9H,10-16H2,1H3,(H,23,26). The molecule has 3 rings (SSSR count). The van der Waals surface area contributed by atoms with Crippen molar-refractivity contribution in [3.63, 3.8) is 0 Å². The number of hydrogen-bond acceptors (Lipinski definition) is 5. The molecule has 0 aromatic heterocycles. The molecule has 0 unspecified atom stereocenters. The molecule has 0 radical (unpaired) electrons. The second-order valence-corrected chi connectivity index (χ2v) is 9.01. The van der Waals surface area contributed by atoms with Gasteiger partial charge in [-0.25, -0.2) is 12.8 Å². The smallest absolute Gasteiger partial charge is 0.243 e. The summed E-state index contributed by atoms with van der Waals surface area (Å²) in [6.07, 6.45) is 0.299. The summed E-state index contributed by atoms with van der Waals surface area (Å²) < 4.78 is 44.8. The van der Waals surface area contributed by atoms with Crippen molar-refractivity contribution in [3.05, 3.63) is 59.9 Å². The van der Waals surface area contributed by atoms with E-state index in [0.717, 1.165) is 23.4 Å². The van der Waals surface area contributed by atoms with Crippen LogP contribution in [0.5, 0.6) is 5.75 Å². The van der Waals surface area contributed by atoms with Gasteiger partial charge >= 0.3 is 0 Å². The van der Waals surface area contributed by atoms with Gasteiger partial charge in [0.1, 0.15) is 11.6 Å². The summed E-state index contributed by atoms with van der Waals surface area (Å²) in [5.74, 6) is 0.227. The number of benzene rings is 2. The molecule has 0 atom stereocenters. The van der Waals surface area contributed by atoms with E-state index in [1.807, 2.05) is 24.3 Å². The number of amides is 1. The number of nitrogens with one attached hydrogen (secondary N) is 1. The van der Waals surface area contributed by atoms with Gasteiger partial charge in [0.05, 0.1) is 18.4 Å². The molecule has 1 amide bonds. The summed E-state index contributed by atoms with van der Waals surface area (Å²) in [6, 6.07) is 12.2. The number of rotatable bonds is 8. The summed E-state index contributed by atoms with van der Waals surface area (Å²) in [5.41, 5.74) is 0.910. The summed E-state index contributed by atoms with van der Waals surface area (Å²) in [4.78, 5) is 14.3. The first kappa shape index (κ1) is 22.2. The Morgan fingerprint density at radius 1 is 1.03 bits per heavy atom. The van der Waals surface area contributed by atoms with Crippen LogP contribution in [0.1, 0.15) is 5.56 Å². The molecule has 30 heavy (non-hydrogen) atoms. The van der Waals surface area contributed by atoms with Crippen molar-refractivity contribution in [2.75, 3.05) is 46.4 Å². The van der Waals surface area contributed by atoms with Crippen molar-refractivity contribution in [1.82, 2.24) is 14.5 Å². The summed E-state index contributed by atoms with van der Waals surface area (Å²) in [7, 11) is -2.02. The zero-order valence-electron chi connectivity index (χ0n) is 16.9. The topological polar surface area (TPSA) is 79.0 Å². The number of hydrogen-bond donors (Lipinski definition) is 1. The normalized spacial score (nSPS) is 15.7. The van der Waals surface area contributed by atoms with Crippen molar-refractivity contribution < 1.29 is 22.3 Å². The number of ether oxygens (including phenoxy) is 1. The first-order valence-corrected chi connectivity index (χ1v) is 11.2. The van der Waals surface area contributed by atoms with Gasteiger partial charge in [-0.15, -0.1) is 0 Å². The van der Waals surface area contributed by atoms with Crippen LogP contribution in [-0.4, -0.2) is 69.9 Å². The molecule has 1 aliphatic rings. The fourth-order valence-electron chi connectivity index (χ4n) is 3.29. The molecule has 162 valence electrons. The Labute approximate surface area is 176 Å². The van der Waals surface area contributed by atoms with E-state index in [1.165, 1.54) is 16.4 Å². The first-order chi connectivity index (χ1) is 14.4. The minimum Gasteiger partial charge on any atom is -0.497 e. The maximum atomic E-state index is 13.0. The second kappa shape index (κ2) is 10.0. The molecule has 2 aromatic carbocycles. The highest BCUT2D eigenvalue weighted by atomic mass is 32.2. The Bertz CT molecular complexity index is 941. The predicted octanol–water partition coefficient (Wildman–Crippen LogP) is 1.50. The van der Waals surface area contributed by atoms with Crippen molar-refractivity contribution in [2.24, 2.45) is 0 Å². The number of piperazine rings is 1. The Hall–Kier alpha value is -2.49. The highest BCUT2D eigenvalue weighted by Gasteiger charge is 2.28. The molecule has 0 aliphatic carbocycles. The minimum absolute atomic E-state index is 0.0577. The van der Waals surface area contributed by atoms with Gasteiger partial charge in [0, 0.05) is 39.3 Å². The SMILES string of the molecule is COc1ccc(CC(=O)NCCN2CCN(S(=O)(=O)c3ccc(F)cc3)CC2)cc1. The lowest BCUT2D eigenvalue weighted by molar-refractivity contribution is -0.120. The quantitative estimate of drug-likeness (QED) is 0.680.